The third-order valence-electron chi connectivity index (χ3n) is 3.10. The first-order chi connectivity index (χ1) is 9.74. The summed E-state index contributed by atoms with van der Waals surface area (Å²) in [5, 5.41) is 12.4. The fourth-order valence-corrected chi connectivity index (χ4v) is 2.04. The van der Waals surface area contributed by atoms with Gasteiger partial charge in [0.15, 0.2) is 5.58 Å². The molecule has 1 heterocycles. The molecule has 2 rings (SSSR count). The number of rotatable bonds is 5. The Bertz CT molecular complexity index is 693. The van der Waals surface area contributed by atoms with Crippen LogP contribution in [0.5, 0.6) is 0 Å². The van der Waals surface area contributed by atoms with Crippen molar-refractivity contribution >= 4 is 17.1 Å². The van der Waals surface area contributed by atoms with Crippen molar-refractivity contribution in [3.8, 4) is 0 Å². The van der Waals surface area contributed by atoms with E-state index in [1.807, 2.05) is 20.8 Å². The van der Waals surface area contributed by atoms with Crippen molar-refractivity contribution in [1.29, 1.82) is 0 Å². The van der Waals surface area contributed by atoms with Gasteiger partial charge in [0.05, 0.1) is 5.52 Å². The summed E-state index contributed by atoms with van der Waals surface area (Å²) in [4.78, 5) is 25.0. The maximum absolute atomic E-state index is 11.3. The molecule has 1 aromatic heterocycles. The molecule has 1 aromatic carbocycles. The Morgan fingerprint density at radius 1 is 1.43 bits per heavy atom. The molecule has 0 radical (unpaired) electrons. The molecule has 21 heavy (non-hydrogen) atoms. The monoisotopic (exact) mass is 292 g/mol. The van der Waals surface area contributed by atoms with Crippen LogP contribution < -0.4 is 11.1 Å². The lowest BCUT2D eigenvalue weighted by atomic mass is 9.96. The minimum atomic E-state index is -0.889. The lowest BCUT2D eigenvalue weighted by Gasteiger charge is -2.22. The first-order valence-electron chi connectivity index (χ1n) is 6.82. The number of oxazole rings is 1. The Kier molecular flexibility index (Phi) is 4.18. The van der Waals surface area contributed by atoms with Gasteiger partial charge in [-0.3, -0.25) is 9.78 Å². The summed E-state index contributed by atoms with van der Waals surface area (Å²) < 4.78 is 4.92. The Labute approximate surface area is 122 Å². The number of carbonyl (C=O) groups is 1. The molecule has 0 saturated carbocycles. The number of carboxylic acid groups (broad SMARTS) is 1. The van der Waals surface area contributed by atoms with Gasteiger partial charge >= 0.3 is 11.7 Å². The molecule has 0 aliphatic rings. The van der Waals surface area contributed by atoms with Crippen LogP contribution in [0, 0.1) is 5.41 Å². The van der Waals surface area contributed by atoms with Crippen LogP contribution in [-0.2, 0) is 11.2 Å². The molecule has 0 aliphatic heterocycles. The summed E-state index contributed by atoms with van der Waals surface area (Å²) in [5.74, 6) is -1.40. The van der Waals surface area contributed by atoms with Crippen molar-refractivity contribution in [2.24, 2.45) is 5.41 Å². The Hall–Kier alpha value is -2.08. The van der Waals surface area contributed by atoms with E-state index >= 15 is 0 Å². The van der Waals surface area contributed by atoms with Crippen molar-refractivity contribution in [1.82, 2.24) is 10.3 Å². The lowest BCUT2D eigenvalue weighted by molar-refractivity contribution is -0.139. The van der Waals surface area contributed by atoms with Crippen LogP contribution in [0.2, 0.25) is 0 Å². The quantitative estimate of drug-likeness (QED) is 0.780. The first kappa shape index (κ1) is 15.3. The van der Waals surface area contributed by atoms with E-state index in [0.717, 1.165) is 5.56 Å². The molecule has 0 aliphatic carbocycles. The molecule has 3 N–H and O–H groups in total. The van der Waals surface area contributed by atoms with E-state index in [9.17, 15) is 14.7 Å². The molecular weight excluding hydrogens is 272 g/mol. The Morgan fingerprint density at radius 3 is 2.76 bits per heavy atom. The van der Waals surface area contributed by atoms with Gasteiger partial charge in [0.2, 0.25) is 0 Å². The van der Waals surface area contributed by atoms with Crippen molar-refractivity contribution < 1.29 is 14.3 Å². The Morgan fingerprint density at radius 2 is 2.14 bits per heavy atom. The van der Waals surface area contributed by atoms with Gasteiger partial charge in [0, 0.05) is 6.54 Å². The minimum absolute atomic E-state index is 0.00739. The predicted molar refractivity (Wildman–Crippen MR) is 79.4 cm³/mol. The van der Waals surface area contributed by atoms with E-state index in [2.05, 4.69) is 10.3 Å². The van der Waals surface area contributed by atoms with E-state index < -0.39 is 17.8 Å². The number of fused-ring (bicyclic) bond motifs is 1. The third-order valence-corrected chi connectivity index (χ3v) is 3.10. The van der Waals surface area contributed by atoms with Gasteiger partial charge in [-0.25, -0.2) is 4.79 Å². The number of hydrogen-bond acceptors (Lipinski definition) is 4. The summed E-state index contributed by atoms with van der Waals surface area (Å²) in [6, 6.07) is 4.52. The van der Waals surface area contributed by atoms with Gasteiger partial charge in [-0.1, -0.05) is 26.8 Å². The largest absolute Gasteiger partial charge is 0.480 e. The average molecular weight is 292 g/mol. The second kappa shape index (κ2) is 5.73. The SMILES string of the molecule is CC(C)(C)CN[C@@H](Cc1ccc2oc(=O)[nH]c2c1)C(=O)O. The van der Waals surface area contributed by atoms with Crippen LogP contribution in [0.15, 0.2) is 27.4 Å². The topological polar surface area (TPSA) is 95.3 Å². The number of aromatic nitrogens is 1. The molecule has 0 amide bonds. The first-order valence-corrected chi connectivity index (χ1v) is 6.82. The van der Waals surface area contributed by atoms with E-state index in [1.54, 1.807) is 18.2 Å². The zero-order chi connectivity index (χ0) is 15.6. The van der Waals surface area contributed by atoms with E-state index in [4.69, 9.17) is 4.42 Å². The molecule has 0 fully saturated rings. The molecule has 0 unspecified atom stereocenters. The molecule has 0 bridgehead atoms. The molecule has 6 heteroatoms. The summed E-state index contributed by atoms with van der Waals surface area (Å²) in [5.41, 5.74) is 1.89. The smallest absolute Gasteiger partial charge is 0.417 e. The number of aliphatic carboxylic acids is 1. The van der Waals surface area contributed by atoms with Gasteiger partial charge in [-0.15, -0.1) is 0 Å². The molecule has 6 nitrogen and oxygen atoms in total. The number of nitrogens with one attached hydrogen (secondary N) is 2. The maximum atomic E-state index is 11.3. The predicted octanol–water partition coefficient (Wildman–Crippen LogP) is 1.75. The summed E-state index contributed by atoms with van der Waals surface area (Å²) in [6.45, 7) is 6.73. The second-order valence-corrected chi connectivity index (χ2v) is 6.38. The zero-order valence-corrected chi connectivity index (χ0v) is 12.4. The molecule has 1 atom stereocenters. The lowest BCUT2D eigenvalue weighted by Crippen LogP contribution is -2.42. The highest BCUT2D eigenvalue weighted by Crippen LogP contribution is 2.15. The van der Waals surface area contributed by atoms with Crippen LogP contribution >= 0.6 is 0 Å². The fraction of sp³-hybridized carbons (Fsp3) is 0.467. The van der Waals surface area contributed by atoms with Crippen LogP contribution in [0.4, 0.5) is 0 Å². The number of benzene rings is 1. The average Bonchev–Trinajstić information content (AvgIpc) is 2.72. The van der Waals surface area contributed by atoms with E-state index in [1.165, 1.54) is 0 Å². The number of carboxylic acids is 1. The summed E-state index contributed by atoms with van der Waals surface area (Å²) >= 11 is 0. The zero-order valence-electron chi connectivity index (χ0n) is 12.4. The van der Waals surface area contributed by atoms with Gasteiger partial charge < -0.3 is 14.8 Å². The van der Waals surface area contributed by atoms with Crippen LogP contribution in [0.25, 0.3) is 11.1 Å². The molecule has 0 spiro atoms. The van der Waals surface area contributed by atoms with Gasteiger partial charge in [0.1, 0.15) is 6.04 Å². The number of H-pyrrole nitrogens is 1. The number of hydrogen-bond donors (Lipinski definition) is 3. The highest BCUT2D eigenvalue weighted by Gasteiger charge is 2.20. The minimum Gasteiger partial charge on any atom is -0.480 e. The normalized spacial score (nSPS) is 13.5. The molecule has 2 aromatic rings. The van der Waals surface area contributed by atoms with E-state index in [0.29, 0.717) is 24.1 Å². The van der Waals surface area contributed by atoms with Crippen LogP contribution in [0.1, 0.15) is 26.3 Å². The van der Waals surface area contributed by atoms with E-state index in [-0.39, 0.29) is 5.41 Å². The standard InChI is InChI=1S/C15H20N2O4/c1-15(2,3)8-16-11(13(18)19)7-9-4-5-12-10(6-9)17-14(20)21-12/h4-6,11,16H,7-8H2,1-3H3,(H,17,20)(H,18,19)/t11-/m0/s1. The van der Waals surface area contributed by atoms with Gasteiger partial charge in [-0.05, 0) is 29.5 Å². The number of aromatic amines is 1. The van der Waals surface area contributed by atoms with Crippen LogP contribution in [-0.4, -0.2) is 28.6 Å². The summed E-state index contributed by atoms with van der Waals surface area (Å²) in [7, 11) is 0. The van der Waals surface area contributed by atoms with Crippen molar-refractivity contribution in [2.75, 3.05) is 6.54 Å². The molecular formula is C15H20N2O4. The molecule has 0 saturated heterocycles. The third kappa shape index (κ3) is 4.19. The highest BCUT2D eigenvalue weighted by molar-refractivity contribution is 5.75. The molecule has 114 valence electrons. The maximum Gasteiger partial charge on any atom is 0.417 e. The fourth-order valence-electron chi connectivity index (χ4n) is 2.04. The van der Waals surface area contributed by atoms with Crippen LogP contribution in [0.3, 0.4) is 0 Å². The Balaban J connectivity index is 2.14. The second-order valence-electron chi connectivity index (χ2n) is 6.38. The van der Waals surface area contributed by atoms with Crippen molar-refractivity contribution in [3.05, 3.63) is 34.3 Å². The highest BCUT2D eigenvalue weighted by atomic mass is 16.4. The van der Waals surface area contributed by atoms with Gasteiger partial charge in [0.25, 0.3) is 0 Å². The van der Waals surface area contributed by atoms with Gasteiger partial charge in [-0.2, -0.15) is 0 Å². The van der Waals surface area contributed by atoms with Crippen molar-refractivity contribution in [2.45, 2.75) is 33.2 Å². The summed E-state index contributed by atoms with van der Waals surface area (Å²) in [6.07, 6.45) is 0.342. The van der Waals surface area contributed by atoms with Crippen molar-refractivity contribution in [3.63, 3.8) is 0 Å².